The quantitative estimate of drug-likeness (QED) is 0.141. The summed E-state index contributed by atoms with van der Waals surface area (Å²) in [7, 11) is -16.9. The zero-order valence-electron chi connectivity index (χ0n) is 16.9. The van der Waals surface area contributed by atoms with E-state index in [9.17, 15) is 33.7 Å². The van der Waals surface area contributed by atoms with Gasteiger partial charge in [0, 0.05) is 5.38 Å². The molecule has 194 valence electrons. The number of aromatic nitrogens is 4. The van der Waals surface area contributed by atoms with Gasteiger partial charge in [0.15, 0.2) is 17.5 Å². The lowest BCUT2D eigenvalue weighted by Crippen LogP contribution is -2.43. The van der Waals surface area contributed by atoms with E-state index < -0.39 is 60.5 Å². The minimum absolute atomic E-state index is 0.0857. The van der Waals surface area contributed by atoms with Gasteiger partial charge in [0.1, 0.15) is 5.52 Å². The summed E-state index contributed by atoms with van der Waals surface area (Å²) in [6, 6.07) is 0. The molecule has 8 N–H and O–H groups in total. The molecule has 18 nitrogen and oxygen atoms in total. The summed E-state index contributed by atoms with van der Waals surface area (Å²) in [6.45, 7) is -1.80. The van der Waals surface area contributed by atoms with Crippen molar-refractivity contribution in [2.24, 2.45) is 5.92 Å². The molecule has 0 bridgehead atoms. The lowest BCUT2D eigenvalue weighted by atomic mass is 9.86. The number of nitrogen functional groups attached to an aromatic ring is 1. The molecule has 0 spiro atoms. The highest BCUT2D eigenvalue weighted by Gasteiger charge is 2.57. The molecule has 1 aliphatic rings. The topological polar surface area (TPSA) is 279 Å². The Bertz CT molecular complexity index is 1310. The van der Waals surface area contributed by atoms with Crippen molar-refractivity contribution in [2.45, 2.75) is 17.9 Å². The van der Waals surface area contributed by atoms with Crippen molar-refractivity contribution < 1.29 is 61.4 Å². The van der Waals surface area contributed by atoms with Crippen LogP contribution in [0.3, 0.4) is 0 Å². The van der Waals surface area contributed by atoms with Crippen molar-refractivity contribution in [1.82, 2.24) is 19.5 Å². The highest BCUT2D eigenvalue weighted by atomic mass is 35.5. The maximum Gasteiger partial charge on any atom is 0.490 e. The average Bonchev–Trinajstić information content (AvgIpc) is 3.21. The molecule has 2 aromatic rings. The number of fused-ring (bicyclic) bond motifs is 1. The van der Waals surface area contributed by atoms with Gasteiger partial charge in [-0.25, -0.2) is 23.7 Å². The molecule has 1 fully saturated rings. The second kappa shape index (κ2) is 10.1. The highest BCUT2D eigenvalue weighted by Crippen LogP contribution is 2.66. The number of aliphatic hydroxyl groups excluding tert-OH is 1. The van der Waals surface area contributed by atoms with Crippen LogP contribution in [-0.4, -0.2) is 74.2 Å². The third-order valence-corrected chi connectivity index (χ3v) is 8.44. The van der Waals surface area contributed by atoms with Crippen molar-refractivity contribution in [1.29, 1.82) is 0 Å². The molecule has 2 aromatic heterocycles. The summed E-state index contributed by atoms with van der Waals surface area (Å²) >= 11 is 5.49. The van der Waals surface area contributed by atoms with Gasteiger partial charge in [0.25, 0.3) is 0 Å². The van der Waals surface area contributed by atoms with E-state index in [1.54, 1.807) is 0 Å². The van der Waals surface area contributed by atoms with Crippen LogP contribution in [0.5, 0.6) is 0 Å². The fourth-order valence-electron chi connectivity index (χ4n) is 3.23. The number of imidazole rings is 1. The van der Waals surface area contributed by atoms with Crippen LogP contribution in [0.1, 0.15) is 6.23 Å². The molecule has 22 heteroatoms. The fourth-order valence-corrected chi connectivity index (χ4v) is 6.41. The standard InChI is InChI=1S/C13H17ClN5O13P3/c14-2-1-13(21)7(4-20)9(5-29-34(25,26)32-35(27,28)31-33(22,23)24)30-11(13)19-6-17-8-3-16-12(15)18-10(8)19/h3,6-7,9,11,20-21H,4-5H2,(H,25,26)(H,27,28)(H2,15,16,18)(H2,22,23,24)/t7?,9-,11-,13?/m1/s1. The minimum atomic E-state index is -5.76. The maximum atomic E-state index is 12.0. The molecule has 3 rings (SSSR count). The van der Waals surface area contributed by atoms with Crippen LogP contribution in [-0.2, 0) is 31.6 Å². The third kappa shape index (κ3) is 6.44. The molecule has 1 saturated heterocycles. The van der Waals surface area contributed by atoms with Gasteiger partial charge in [-0.15, -0.1) is 0 Å². The number of nitrogens with two attached hydrogens (primary N) is 1. The number of halogens is 1. The van der Waals surface area contributed by atoms with E-state index in [0.717, 1.165) is 0 Å². The fraction of sp³-hybridized carbons (Fsp3) is 0.462. The lowest BCUT2D eigenvalue weighted by molar-refractivity contribution is -0.0702. The lowest BCUT2D eigenvalue weighted by Gasteiger charge is -2.28. The summed E-state index contributed by atoms with van der Waals surface area (Å²) in [5.41, 5.74) is 3.66. The van der Waals surface area contributed by atoms with Gasteiger partial charge < -0.3 is 40.3 Å². The molecule has 1 aliphatic heterocycles. The van der Waals surface area contributed by atoms with Gasteiger partial charge in [-0.05, 0) is 17.5 Å². The Balaban J connectivity index is 1.87. The number of nitrogens with zero attached hydrogens (tertiary/aromatic N) is 4. The molecule has 0 radical (unpaired) electrons. The van der Waals surface area contributed by atoms with Crippen LogP contribution in [0, 0.1) is 17.2 Å². The molecule has 0 aliphatic carbocycles. The third-order valence-electron chi connectivity index (χ3n) is 4.54. The van der Waals surface area contributed by atoms with E-state index in [1.807, 2.05) is 5.38 Å². The second-order valence-electron chi connectivity index (χ2n) is 6.84. The summed E-state index contributed by atoms with van der Waals surface area (Å²) in [5.74, 6) is 0.779. The number of rotatable bonds is 9. The smallest absolute Gasteiger partial charge is 0.396 e. The SMILES string of the molecule is Nc1ncc2ncn([C@@H]3O[C@H](COP(=O)(O)OP(=O)(O)OP(=O)(O)O)C(CO)C3(O)C#CCl)c2n1. The molecule has 3 heterocycles. The van der Waals surface area contributed by atoms with E-state index in [-0.39, 0.29) is 17.1 Å². The molecule has 0 aromatic carbocycles. The Hall–Kier alpha value is -1.51. The van der Waals surface area contributed by atoms with Crippen LogP contribution in [0.15, 0.2) is 12.5 Å². The number of ether oxygens (including phenoxy) is 1. The van der Waals surface area contributed by atoms with Gasteiger partial charge >= 0.3 is 23.5 Å². The highest BCUT2D eigenvalue weighted by molar-refractivity contribution is 7.66. The largest absolute Gasteiger partial charge is 0.490 e. The summed E-state index contributed by atoms with van der Waals surface area (Å²) in [4.78, 5) is 47.9. The molecule has 35 heavy (non-hydrogen) atoms. The minimum Gasteiger partial charge on any atom is -0.396 e. The number of aliphatic hydroxyl groups is 2. The molecule has 0 amide bonds. The van der Waals surface area contributed by atoms with Crippen LogP contribution in [0.2, 0.25) is 0 Å². The van der Waals surface area contributed by atoms with Gasteiger partial charge in [0.2, 0.25) is 5.95 Å². The Morgan fingerprint density at radius 2 is 1.89 bits per heavy atom. The van der Waals surface area contributed by atoms with Crippen molar-refractivity contribution in [2.75, 3.05) is 18.9 Å². The van der Waals surface area contributed by atoms with Crippen molar-refractivity contribution in [3.8, 4) is 11.3 Å². The van der Waals surface area contributed by atoms with Gasteiger partial charge in [0.05, 0.1) is 37.8 Å². The van der Waals surface area contributed by atoms with Crippen LogP contribution >= 0.6 is 35.1 Å². The number of phosphoric acid groups is 3. The molecule has 6 atom stereocenters. The Labute approximate surface area is 200 Å². The van der Waals surface area contributed by atoms with Gasteiger partial charge in [-0.1, -0.05) is 0 Å². The predicted molar refractivity (Wildman–Crippen MR) is 113 cm³/mol. The first-order valence-electron chi connectivity index (χ1n) is 8.95. The second-order valence-corrected chi connectivity index (χ2v) is 11.4. The number of hydrogen-bond donors (Lipinski definition) is 7. The zero-order chi connectivity index (χ0) is 26.2. The van der Waals surface area contributed by atoms with Crippen LogP contribution < -0.4 is 5.73 Å². The van der Waals surface area contributed by atoms with Crippen LogP contribution in [0.4, 0.5) is 5.95 Å². The first-order valence-corrected chi connectivity index (χ1v) is 13.9. The molecular weight excluding hydrogens is 563 g/mol. The van der Waals surface area contributed by atoms with Gasteiger partial charge in [-0.2, -0.15) is 13.6 Å². The predicted octanol–water partition coefficient (Wildman–Crippen LogP) is -0.812. The summed E-state index contributed by atoms with van der Waals surface area (Å²) in [6.07, 6.45) is -0.455. The zero-order valence-corrected chi connectivity index (χ0v) is 20.4. The first-order chi connectivity index (χ1) is 16.1. The Morgan fingerprint density at radius 3 is 2.49 bits per heavy atom. The monoisotopic (exact) mass is 579 g/mol. The van der Waals surface area contributed by atoms with Crippen molar-refractivity contribution >= 4 is 52.2 Å². The number of anilines is 1. The molecule has 0 saturated carbocycles. The Kier molecular flexibility index (Phi) is 8.10. The van der Waals surface area contributed by atoms with Crippen LogP contribution in [0.25, 0.3) is 11.2 Å². The Morgan fingerprint density at radius 1 is 1.20 bits per heavy atom. The van der Waals surface area contributed by atoms with E-state index in [2.05, 4.69) is 34.0 Å². The van der Waals surface area contributed by atoms with E-state index in [0.29, 0.717) is 0 Å². The first kappa shape index (κ1) is 28.1. The summed E-state index contributed by atoms with van der Waals surface area (Å²) in [5, 5.41) is 23.1. The van der Waals surface area contributed by atoms with E-state index in [1.165, 1.54) is 17.1 Å². The number of hydrogen-bond acceptors (Lipinski definition) is 13. The van der Waals surface area contributed by atoms with Gasteiger partial charge in [-0.3, -0.25) is 9.09 Å². The van der Waals surface area contributed by atoms with Crippen molar-refractivity contribution in [3.63, 3.8) is 0 Å². The van der Waals surface area contributed by atoms with Crippen molar-refractivity contribution in [3.05, 3.63) is 12.5 Å². The molecular formula is C13H17ClN5O13P3. The maximum absolute atomic E-state index is 12.0. The normalized spacial score (nSPS) is 28.3. The summed E-state index contributed by atoms with van der Waals surface area (Å²) < 4.78 is 52.9. The molecule has 4 unspecified atom stereocenters. The van der Waals surface area contributed by atoms with E-state index >= 15 is 0 Å². The average molecular weight is 580 g/mol. The number of phosphoric ester groups is 1. The van der Waals surface area contributed by atoms with E-state index in [4.69, 9.17) is 31.9 Å².